The molecule has 0 aliphatic rings. The number of nitrogens with one attached hydrogen (secondary N) is 1. The number of benzene rings is 1. The highest BCUT2D eigenvalue weighted by Gasteiger charge is 2.16. The first-order chi connectivity index (χ1) is 9.45. The van der Waals surface area contributed by atoms with Crippen molar-refractivity contribution in [3.63, 3.8) is 0 Å². The fourth-order valence-corrected chi connectivity index (χ4v) is 1.66. The van der Waals surface area contributed by atoms with Gasteiger partial charge < -0.3 is 10.1 Å². The SMILES string of the molecule is COC(=O)CCC(=O)CNC(=O)c1c(F)cccc1Cl. The van der Waals surface area contributed by atoms with Crippen molar-refractivity contribution in [2.75, 3.05) is 13.7 Å². The molecule has 1 aromatic carbocycles. The Morgan fingerprint density at radius 1 is 1.30 bits per heavy atom. The fourth-order valence-electron chi connectivity index (χ4n) is 1.41. The summed E-state index contributed by atoms with van der Waals surface area (Å²) in [5.41, 5.74) is -0.310. The number of carbonyl (C=O) groups excluding carboxylic acids is 3. The van der Waals surface area contributed by atoms with Gasteiger partial charge in [-0.15, -0.1) is 0 Å². The Morgan fingerprint density at radius 3 is 2.60 bits per heavy atom. The molecule has 1 N–H and O–H groups in total. The summed E-state index contributed by atoms with van der Waals surface area (Å²) in [5, 5.41) is 2.22. The van der Waals surface area contributed by atoms with Crippen LogP contribution in [0.4, 0.5) is 4.39 Å². The average Bonchev–Trinajstić information content (AvgIpc) is 2.42. The summed E-state index contributed by atoms with van der Waals surface area (Å²) in [6.07, 6.45) is -0.121. The van der Waals surface area contributed by atoms with Crippen molar-refractivity contribution in [2.24, 2.45) is 0 Å². The Labute approximate surface area is 120 Å². The average molecular weight is 302 g/mol. The van der Waals surface area contributed by atoms with Crippen LogP contribution in [0.5, 0.6) is 0 Å². The van der Waals surface area contributed by atoms with E-state index in [9.17, 15) is 18.8 Å². The number of halogens is 2. The van der Waals surface area contributed by atoms with Gasteiger partial charge in [-0.2, -0.15) is 0 Å². The van der Waals surface area contributed by atoms with Crippen molar-refractivity contribution in [1.29, 1.82) is 0 Å². The molecule has 0 fully saturated rings. The second kappa shape index (κ2) is 7.59. The zero-order valence-corrected chi connectivity index (χ0v) is 11.5. The predicted octanol–water partition coefficient (Wildman–Crippen LogP) is 1.73. The van der Waals surface area contributed by atoms with Crippen LogP contribution in [0.2, 0.25) is 5.02 Å². The Kier molecular flexibility index (Phi) is 6.11. The Morgan fingerprint density at radius 2 is 2.00 bits per heavy atom. The first-order valence-electron chi connectivity index (χ1n) is 5.76. The molecule has 1 amide bonds. The highest BCUT2D eigenvalue weighted by Crippen LogP contribution is 2.18. The molecule has 5 nitrogen and oxygen atoms in total. The van der Waals surface area contributed by atoms with Crippen LogP contribution >= 0.6 is 11.6 Å². The number of ether oxygens (including phenoxy) is 1. The van der Waals surface area contributed by atoms with Crippen LogP contribution in [0.1, 0.15) is 23.2 Å². The van der Waals surface area contributed by atoms with Gasteiger partial charge in [0.2, 0.25) is 0 Å². The van der Waals surface area contributed by atoms with E-state index in [0.29, 0.717) is 0 Å². The van der Waals surface area contributed by atoms with Crippen LogP contribution in [0.25, 0.3) is 0 Å². The molecule has 0 spiro atoms. The van der Waals surface area contributed by atoms with Crippen molar-refractivity contribution in [3.8, 4) is 0 Å². The third kappa shape index (κ3) is 4.62. The monoisotopic (exact) mass is 301 g/mol. The van der Waals surface area contributed by atoms with Gasteiger partial charge in [0.1, 0.15) is 5.82 Å². The normalized spacial score (nSPS) is 9.95. The molecular weight excluding hydrogens is 289 g/mol. The zero-order chi connectivity index (χ0) is 15.1. The molecule has 0 saturated carbocycles. The largest absolute Gasteiger partial charge is 0.469 e. The van der Waals surface area contributed by atoms with E-state index < -0.39 is 17.7 Å². The minimum absolute atomic E-state index is 0.0375. The summed E-state index contributed by atoms with van der Waals surface area (Å²) >= 11 is 5.71. The maximum absolute atomic E-state index is 13.4. The second-order valence-corrected chi connectivity index (χ2v) is 4.30. The van der Waals surface area contributed by atoms with E-state index in [1.165, 1.54) is 19.2 Å². The number of methoxy groups -OCH3 is 1. The van der Waals surface area contributed by atoms with Crippen LogP contribution in [0, 0.1) is 5.82 Å². The minimum atomic E-state index is -0.778. The van der Waals surface area contributed by atoms with Gasteiger partial charge in [-0.1, -0.05) is 17.7 Å². The van der Waals surface area contributed by atoms with Crippen LogP contribution in [-0.4, -0.2) is 31.3 Å². The predicted molar refractivity (Wildman–Crippen MR) is 70.0 cm³/mol. The lowest BCUT2D eigenvalue weighted by Gasteiger charge is -2.07. The number of hydrogen-bond acceptors (Lipinski definition) is 4. The highest BCUT2D eigenvalue weighted by atomic mass is 35.5. The number of carbonyl (C=O) groups is 3. The van der Waals surface area contributed by atoms with E-state index in [1.54, 1.807) is 0 Å². The smallest absolute Gasteiger partial charge is 0.305 e. The van der Waals surface area contributed by atoms with E-state index in [4.69, 9.17) is 11.6 Å². The van der Waals surface area contributed by atoms with Gasteiger partial charge >= 0.3 is 5.97 Å². The van der Waals surface area contributed by atoms with Crippen LogP contribution in [0.15, 0.2) is 18.2 Å². The summed E-state index contributed by atoms with van der Waals surface area (Å²) in [6, 6.07) is 3.84. The lowest BCUT2D eigenvalue weighted by molar-refractivity contribution is -0.141. The molecule has 1 aromatic rings. The summed E-state index contributed by atoms with van der Waals surface area (Å²) in [6.45, 7) is -0.305. The summed E-state index contributed by atoms with van der Waals surface area (Å²) in [7, 11) is 1.22. The molecule has 0 bridgehead atoms. The second-order valence-electron chi connectivity index (χ2n) is 3.89. The van der Waals surface area contributed by atoms with Gasteiger partial charge in [0, 0.05) is 6.42 Å². The number of hydrogen-bond donors (Lipinski definition) is 1. The first-order valence-corrected chi connectivity index (χ1v) is 6.14. The highest BCUT2D eigenvalue weighted by molar-refractivity contribution is 6.33. The fraction of sp³-hybridized carbons (Fsp3) is 0.308. The van der Waals surface area contributed by atoms with Gasteiger partial charge in [-0.05, 0) is 12.1 Å². The summed E-state index contributed by atoms with van der Waals surface area (Å²) < 4.78 is 17.8. The van der Waals surface area contributed by atoms with E-state index in [1.807, 2.05) is 0 Å². The lowest BCUT2D eigenvalue weighted by atomic mass is 10.2. The molecule has 0 aliphatic carbocycles. The van der Waals surface area contributed by atoms with Gasteiger partial charge in [0.15, 0.2) is 5.78 Å². The minimum Gasteiger partial charge on any atom is -0.469 e. The van der Waals surface area contributed by atoms with Gasteiger partial charge in [-0.3, -0.25) is 14.4 Å². The number of amides is 1. The molecule has 108 valence electrons. The molecule has 20 heavy (non-hydrogen) atoms. The maximum atomic E-state index is 13.4. The third-order valence-corrected chi connectivity index (χ3v) is 2.79. The number of Topliss-reactive ketones (excluding diaryl/α,β-unsaturated/α-hetero) is 1. The van der Waals surface area contributed by atoms with Crippen LogP contribution < -0.4 is 5.32 Å². The molecule has 0 aromatic heterocycles. The van der Waals surface area contributed by atoms with Crippen molar-refractivity contribution in [2.45, 2.75) is 12.8 Å². The number of esters is 1. The van der Waals surface area contributed by atoms with Crippen LogP contribution in [-0.2, 0) is 14.3 Å². The molecule has 0 atom stereocenters. The Bertz CT molecular complexity index is 513. The van der Waals surface area contributed by atoms with E-state index >= 15 is 0 Å². The molecule has 0 radical (unpaired) electrons. The van der Waals surface area contributed by atoms with E-state index in [-0.39, 0.29) is 35.8 Å². The van der Waals surface area contributed by atoms with Gasteiger partial charge in [0.05, 0.1) is 30.7 Å². The standard InChI is InChI=1S/C13H13ClFNO4/c1-20-11(18)6-5-8(17)7-16-13(19)12-9(14)3-2-4-10(12)15/h2-4H,5-7H2,1H3,(H,16,19). The summed E-state index contributed by atoms with van der Waals surface area (Å²) in [5.74, 6) is -2.42. The Hall–Kier alpha value is -1.95. The van der Waals surface area contributed by atoms with Crippen molar-refractivity contribution in [3.05, 3.63) is 34.6 Å². The van der Waals surface area contributed by atoms with E-state index in [0.717, 1.165) is 6.07 Å². The molecule has 1 rings (SSSR count). The Balaban J connectivity index is 2.51. The number of ketones is 1. The van der Waals surface area contributed by atoms with Gasteiger partial charge in [-0.25, -0.2) is 4.39 Å². The topological polar surface area (TPSA) is 72.5 Å². The zero-order valence-electron chi connectivity index (χ0n) is 10.7. The maximum Gasteiger partial charge on any atom is 0.305 e. The molecule has 7 heteroatoms. The summed E-state index contributed by atoms with van der Waals surface area (Å²) in [4.78, 5) is 34.0. The van der Waals surface area contributed by atoms with E-state index in [2.05, 4.69) is 10.1 Å². The number of rotatable bonds is 6. The molecular formula is C13H13ClFNO4. The molecule has 0 unspecified atom stereocenters. The van der Waals surface area contributed by atoms with Crippen molar-refractivity contribution < 1.29 is 23.5 Å². The van der Waals surface area contributed by atoms with Gasteiger partial charge in [0.25, 0.3) is 5.91 Å². The first kappa shape index (κ1) is 16.1. The molecule has 0 heterocycles. The molecule has 0 aliphatic heterocycles. The quantitative estimate of drug-likeness (QED) is 0.812. The molecule has 0 saturated heterocycles. The van der Waals surface area contributed by atoms with Crippen LogP contribution in [0.3, 0.4) is 0 Å². The van der Waals surface area contributed by atoms with Crippen molar-refractivity contribution >= 4 is 29.3 Å². The van der Waals surface area contributed by atoms with Crippen molar-refractivity contribution in [1.82, 2.24) is 5.32 Å². The lowest BCUT2D eigenvalue weighted by Crippen LogP contribution is -2.30. The third-order valence-electron chi connectivity index (χ3n) is 2.47.